The van der Waals surface area contributed by atoms with Crippen molar-refractivity contribution in [2.75, 3.05) is 18.5 Å². The maximum atomic E-state index is 12.3. The van der Waals surface area contributed by atoms with Gasteiger partial charge < -0.3 is 14.8 Å². The molecule has 1 aromatic rings. The summed E-state index contributed by atoms with van der Waals surface area (Å²) in [6.45, 7) is 10.6. The molecule has 1 amide bonds. The third-order valence-corrected chi connectivity index (χ3v) is 2.98. The summed E-state index contributed by atoms with van der Waals surface area (Å²) >= 11 is 0. The van der Waals surface area contributed by atoms with Crippen molar-refractivity contribution in [3.8, 4) is 5.88 Å². The Labute approximate surface area is 127 Å². The third-order valence-electron chi connectivity index (χ3n) is 2.98. The molecule has 1 N–H and O–H groups in total. The van der Waals surface area contributed by atoms with Crippen LogP contribution in [0.2, 0.25) is 0 Å². The highest BCUT2D eigenvalue weighted by molar-refractivity contribution is 5.97. The van der Waals surface area contributed by atoms with Gasteiger partial charge in [0, 0.05) is 12.7 Å². The monoisotopic (exact) mass is 294 g/mol. The predicted molar refractivity (Wildman–Crippen MR) is 83.7 cm³/mol. The molecular formula is C16H26N2O3. The van der Waals surface area contributed by atoms with Gasteiger partial charge in [-0.15, -0.1) is 0 Å². The van der Waals surface area contributed by atoms with Crippen LogP contribution in [-0.4, -0.2) is 29.7 Å². The number of carbonyl (C=O) groups excluding carboxylic acids is 1. The maximum Gasteiger partial charge on any atom is 0.256 e. The van der Waals surface area contributed by atoms with E-state index in [-0.39, 0.29) is 5.91 Å². The number of hydrogen-bond acceptors (Lipinski definition) is 4. The van der Waals surface area contributed by atoms with E-state index in [1.54, 1.807) is 26.0 Å². The van der Waals surface area contributed by atoms with Crippen LogP contribution in [0.1, 0.15) is 46.2 Å². The molecule has 0 aromatic carbocycles. The fourth-order valence-corrected chi connectivity index (χ4v) is 1.65. The van der Waals surface area contributed by atoms with Crippen LogP contribution in [0.3, 0.4) is 0 Å². The van der Waals surface area contributed by atoms with E-state index in [0.29, 0.717) is 24.8 Å². The Morgan fingerprint density at radius 3 is 2.48 bits per heavy atom. The zero-order valence-corrected chi connectivity index (χ0v) is 13.7. The number of aromatic nitrogens is 1. The van der Waals surface area contributed by atoms with Gasteiger partial charge in [0.25, 0.3) is 5.91 Å². The second-order valence-electron chi connectivity index (χ2n) is 5.44. The predicted octanol–water partition coefficient (Wildman–Crippen LogP) is 3.32. The number of nitrogens with one attached hydrogen (secondary N) is 1. The summed E-state index contributed by atoms with van der Waals surface area (Å²) < 4.78 is 11.0. The van der Waals surface area contributed by atoms with E-state index in [2.05, 4.69) is 10.3 Å². The fourth-order valence-electron chi connectivity index (χ4n) is 1.65. The first-order valence-corrected chi connectivity index (χ1v) is 7.46. The fraction of sp³-hybridized carbons (Fsp3) is 0.625. The molecule has 1 rings (SSSR count). The van der Waals surface area contributed by atoms with Crippen LogP contribution in [0.15, 0.2) is 12.1 Å². The van der Waals surface area contributed by atoms with E-state index in [0.717, 1.165) is 18.5 Å². The molecule has 0 aliphatic carbocycles. The first-order chi connectivity index (χ1) is 9.90. The summed E-state index contributed by atoms with van der Waals surface area (Å²) in [7, 11) is 0. The lowest BCUT2D eigenvalue weighted by Crippen LogP contribution is -2.40. The van der Waals surface area contributed by atoms with E-state index in [1.165, 1.54) is 0 Å². The van der Waals surface area contributed by atoms with Gasteiger partial charge in [-0.25, -0.2) is 4.98 Å². The average molecular weight is 294 g/mol. The van der Waals surface area contributed by atoms with E-state index in [4.69, 9.17) is 9.47 Å². The van der Waals surface area contributed by atoms with Crippen LogP contribution in [0.4, 0.5) is 5.69 Å². The standard InChI is InChI=1S/C16H26N2O3/c1-6-10-20-14-9-8-13(12(3)17-14)18-15(19)16(4,5)21-11-7-2/h8-9H,6-7,10-11H2,1-5H3,(H,18,19). The zero-order valence-electron chi connectivity index (χ0n) is 13.7. The highest BCUT2D eigenvalue weighted by Gasteiger charge is 2.28. The highest BCUT2D eigenvalue weighted by Crippen LogP contribution is 2.20. The van der Waals surface area contributed by atoms with Crippen molar-refractivity contribution in [3.05, 3.63) is 17.8 Å². The molecule has 1 aromatic heterocycles. The lowest BCUT2D eigenvalue weighted by molar-refractivity contribution is -0.137. The third kappa shape index (κ3) is 5.34. The van der Waals surface area contributed by atoms with Crippen molar-refractivity contribution >= 4 is 11.6 Å². The molecule has 118 valence electrons. The molecule has 5 heteroatoms. The summed E-state index contributed by atoms with van der Waals surface area (Å²) in [5.41, 5.74) is 0.542. The molecular weight excluding hydrogens is 268 g/mol. The van der Waals surface area contributed by atoms with Crippen molar-refractivity contribution < 1.29 is 14.3 Å². The Morgan fingerprint density at radius 2 is 1.90 bits per heavy atom. The number of carbonyl (C=O) groups is 1. The van der Waals surface area contributed by atoms with E-state index in [9.17, 15) is 4.79 Å². The number of pyridine rings is 1. The van der Waals surface area contributed by atoms with Gasteiger partial charge in [0.1, 0.15) is 5.60 Å². The molecule has 0 aliphatic heterocycles. The van der Waals surface area contributed by atoms with Gasteiger partial charge >= 0.3 is 0 Å². The zero-order chi connectivity index (χ0) is 15.9. The van der Waals surface area contributed by atoms with Crippen molar-refractivity contribution in [1.29, 1.82) is 0 Å². The molecule has 0 unspecified atom stereocenters. The van der Waals surface area contributed by atoms with Crippen LogP contribution in [-0.2, 0) is 9.53 Å². The number of ether oxygens (including phenoxy) is 2. The summed E-state index contributed by atoms with van der Waals surface area (Å²) in [5, 5.41) is 2.86. The van der Waals surface area contributed by atoms with Crippen molar-refractivity contribution in [2.24, 2.45) is 0 Å². The van der Waals surface area contributed by atoms with Crippen LogP contribution >= 0.6 is 0 Å². The number of aryl methyl sites for hydroxylation is 1. The minimum atomic E-state index is -0.861. The Balaban J connectivity index is 2.72. The SMILES string of the molecule is CCCOc1ccc(NC(=O)C(C)(C)OCCC)c(C)n1. The molecule has 0 aliphatic rings. The molecule has 21 heavy (non-hydrogen) atoms. The second-order valence-corrected chi connectivity index (χ2v) is 5.44. The molecule has 0 fully saturated rings. The molecule has 5 nitrogen and oxygen atoms in total. The van der Waals surface area contributed by atoms with Gasteiger partial charge in [0.05, 0.1) is 18.0 Å². The van der Waals surface area contributed by atoms with Crippen molar-refractivity contribution in [2.45, 2.75) is 53.1 Å². The topological polar surface area (TPSA) is 60.5 Å². The number of anilines is 1. The van der Waals surface area contributed by atoms with E-state index in [1.807, 2.05) is 20.8 Å². The van der Waals surface area contributed by atoms with Gasteiger partial charge in [-0.3, -0.25) is 4.79 Å². The number of rotatable bonds is 8. The smallest absolute Gasteiger partial charge is 0.256 e. The summed E-state index contributed by atoms with van der Waals surface area (Å²) in [6.07, 6.45) is 1.81. The minimum Gasteiger partial charge on any atom is -0.478 e. The van der Waals surface area contributed by atoms with Crippen LogP contribution in [0, 0.1) is 6.92 Å². The first-order valence-electron chi connectivity index (χ1n) is 7.46. The van der Waals surface area contributed by atoms with Crippen LogP contribution < -0.4 is 10.1 Å². The van der Waals surface area contributed by atoms with Gasteiger partial charge in [0.15, 0.2) is 0 Å². The number of nitrogens with zero attached hydrogens (tertiary/aromatic N) is 1. The average Bonchev–Trinajstić information content (AvgIpc) is 2.45. The molecule has 1 heterocycles. The minimum absolute atomic E-state index is 0.178. The molecule has 0 radical (unpaired) electrons. The Morgan fingerprint density at radius 1 is 1.24 bits per heavy atom. The summed E-state index contributed by atoms with van der Waals surface area (Å²) in [4.78, 5) is 16.6. The summed E-state index contributed by atoms with van der Waals surface area (Å²) in [5.74, 6) is 0.400. The maximum absolute atomic E-state index is 12.3. The number of hydrogen-bond donors (Lipinski definition) is 1. The van der Waals surface area contributed by atoms with Crippen LogP contribution in [0.5, 0.6) is 5.88 Å². The Kier molecular flexibility index (Phi) is 6.62. The van der Waals surface area contributed by atoms with Gasteiger partial charge in [-0.1, -0.05) is 13.8 Å². The molecule has 0 saturated heterocycles. The normalized spacial score (nSPS) is 11.3. The Bertz CT molecular complexity index is 473. The number of amides is 1. The molecule has 0 saturated carbocycles. The Hall–Kier alpha value is -1.62. The lowest BCUT2D eigenvalue weighted by Gasteiger charge is -2.24. The highest BCUT2D eigenvalue weighted by atomic mass is 16.5. The second kappa shape index (κ2) is 7.98. The first kappa shape index (κ1) is 17.4. The van der Waals surface area contributed by atoms with E-state index >= 15 is 0 Å². The molecule has 0 bridgehead atoms. The molecule has 0 spiro atoms. The van der Waals surface area contributed by atoms with Crippen LogP contribution in [0.25, 0.3) is 0 Å². The quantitative estimate of drug-likeness (QED) is 0.799. The van der Waals surface area contributed by atoms with E-state index < -0.39 is 5.60 Å². The largest absolute Gasteiger partial charge is 0.478 e. The lowest BCUT2D eigenvalue weighted by atomic mass is 10.1. The van der Waals surface area contributed by atoms with Gasteiger partial charge in [0.2, 0.25) is 5.88 Å². The molecule has 0 atom stereocenters. The van der Waals surface area contributed by atoms with Crippen molar-refractivity contribution in [3.63, 3.8) is 0 Å². The van der Waals surface area contributed by atoms with Crippen molar-refractivity contribution in [1.82, 2.24) is 4.98 Å². The van der Waals surface area contributed by atoms with Gasteiger partial charge in [-0.05, 0) is 39.7 Å². The van der Waals surface area contributed by atoms with Gasteiger partial charge in [-0.2, -0.15) is 0 Å². The summed E-state index contributed by atoms with van der Waals surface area (Å²) in [6, 6.07) is 3.57.